The molecule has 1 heterocycles. The Morgan fingerprint density at radius 3 is 2.58 bits per heavy atom. The van der Waals surface area contributed by atoms with Gasteiger partial charge < -0.3 is 14.4 Å². The van der Waals surface area contributed by atoms with Crippen LogP contribution in [0.5, 0.6) is 0 Å². The third-order valence-corrected chi connectivity index (χ3v) is 1.27. The van der Waals surface area contributed by atoms with Crippen LogP contribution in [-0.4, -0.2) is 16.1 Å². The Balaban J connectivity index is 0.00000121. The van der Waals surface area contributed by atoms with E-state index in [1.54, 1.807) is 6.92 Å². The first kappa shape index (κ1) is 11.2. The van der Waals surface area contributed by atoms with Gasteiger partial charge in [-0.15, -0.1) is 0 Å². The molecule has 5 nitrogen and oxygen atoms in total. The standard InChI is InChI=1S/C6H8N2O3.Li/c1-3(6(9)10)5-7-4(2)8-11-5;/h3H,1-2H3,(H,9,10);/q;+1/p-1. The number of carbonyl (C=O) groups excluding carboxylic acids is 1. The van der Waals surface area contributed by atoms with Gasteiger partial charge in [0, 0.05) is 0 Å². The van der Waals surface area contributed by atoms with Crippen molar-refractivity contribution >= 4 is 5.97 Å². The molecule has 60 valence electrons. The van der Waals surface area contributed by atoms with Gasteiger partial charge in [-0.2, -0.15) is 4.98 Å². The second kappa shape index (κ2) is 4.29. The Morgan fingerprint density at radius 2 is 2.25 bits per heavy atom. The number of carboxylic acids is 1. The number of aryl methyl sites for hydroxylation is 1. The fourth-order valence-electron chi connectivity index (χ4n) is 0.590. The fraction of sp³-hybridized carbons (Fsp3) is 0.500. The van der Waals surface area contributed by atoms with Crippen LogP contribution in [0.2, 0.25) is 0 Å². The first-order chi connectivity index (χ1) is 5.11. The second-order valence-corrected chi connectivity index (χ2v) is 2.22. The van der Waals surface area contributed by atoms with Gasteiger partial charge >= 0.3 is 18.9 Å². The Bertz CT molecular complexity index is 274. The average molecular weight is 162 g/mol. The van der Waals surface area contributed by atoms with Crippen molar-refractivity contribution in [2.24, 2.45) is 0 Å². The van der Waals surface area contributed by atoms with Crippen molar-refractivity contribution in [2.45, 2.75) is 19.8 Å². The average Bonchev–Trinajstić information content (AvgIpc) is 2.34. The summed E-state index contributed by atoms with van der Waals surface area (Å²) in [6, 6.07) is 0. The van der Waals surface area contributed by atoms with Gasteiger partial charge in [-0.05, 0) is 13.8 Å². The van der Waals surface area contributed by atoms with E-state index in [1.807, 2.05) is 0 Å². The Kier molecular flexibility index (Phi) is 4.00. The molecule has 6 heteroatoms. The molecule has 0 saturated carbocycles. The molecule has 1 unspecified atom stereocenters. The van der Waals surface area contributed by atoms with Crippen LogP contribution in [-0.2, 0) is 4.79 Å². The van der Waals surface area contributed by atoms with Gasteiger partial charge in [0.05, 0.1) is 11.9 Å². The van der Waals surface area contributed by atoms with Gasteiger partial charge in [-0.3, -0.25) is 0 Å². The molecule has 0 radical (unpaired) electrons. The van der Waals surface area contributed by atoms with Crippen LogP contribution in [0.1, 0.15) is 24.6 Å². The minimum atomic E-state index is -1.21. The summed E-state index contributed by atoms with van der Waals surface area (Å²) in [6.07, 6.45) is 0. The van der Waals surface area contributed by atoms with Gasteiger partial charge in [0.15, 0.2) is 5.82 Å². The number of carboxylic acid groups (broad SMARTS) is 1. The van der Waals surface area contributed by atoms with E-state index >= 15 is 0 Å². The molecule has 1 aromatic rings. The molecule has 0 saturated heterocycles. The van der Waals surface area contributed by atoms with E-state index in [0.717, 1.165) is 0 Å². The molecular formula is C6H7LiN2O3. The number of nitrogens with zero attached hydrogens (tertiary/aromatic N) is 2. The molecule has 0 amide bonds. The van der Waals surface area contributed by atoms with E-state index in [2.05, 4.69) is 14.7 Å². The second-order valence-electron chi connectivity index (χ2n) is 2.22. The largest absolute Gasteiger partial charge is 1.00 e. The van der Waals surface area contributed by atoms with Crippen molar-refractivity contribution in [2.75, 3.05) is 0 Å². The quantitative estimate of drug-likeness (QED) is 0.417. The molecule has 12 heavy (non-hydrogen) atoms. The molecule has 1 atom stereocenters. The topological polar surface area (TPSA) is 79.0 Å². The van der Waals surface area contributed by atoms with Gasteiger partial charge in [0.25, 0.3) is 0 Å². The van der Waals surface area contributed by atoms with Gasteiger partial charge in [-0.1, -0.05) is 5.16 Å². The normalized spacial score (nSPS) is 11.8. The minimum Gasteiger partial charge on any atom is -0.549 e. The first-order valence-electron chi connectivity index (χ1n) is 3.12. The minimum absolute atomic E-state index is 0. The van der Waals surface area contributed by atoms with Crippen LogP contribution in [0.15, 0.2) is 4.52 Å². The van der Waals surface area contributed by atoms with E-state index in [9.17, 15) is 9.90 Å². The van der Waals surface area contributed by atoms with Crippen LogP contribution in [0.3, 0.4) is 0 Å². The van der Waals surface area contributed by atoms with E-state index in [4.69, 9.17) is 0 Å². The monoisotopic (exact) mass is 162 g/mol. The summed E-state index contributed by atoms with van der Waals surface area (Å²) >= 11 is 0. The molecule has 0 aliphatic carbocycles. The summed E-state index contributed by atoms with van der Waals surface area (Å²) in [4.78, 5) is 14.0. The van der Waals surface area contributed by atoms with Crippen molar-refractivity contribution in [3.63, 3.8) is 0 Å². The fourth-order valence-corrected chi connectivity index (χ4v) is 0.590. The maximum Gasteiger partial charge on any atom is 1.00 e. The molecule has 0 N–H and O–H groups in total. The maximum absolute atomic E-state index is 10.3. The van der Waals surface area contributed by atoms with E-state index in [0.29, 0.717) is 5.82 Å². The van der Waals surface area contributed by atoms with Crippen LogP contribution in [0, 0.1) is 6.92 Å². The zero-order chi connectivity index (χ0) is 8.43. The molecule has 0 spiro atoms. The molecule has 0 bridgehead atoms. The van der Waals surface area contributed by atoms with Crippen molar-refractivity contribution in [1.29, 1.82) is 0 Å². The maximum atomic E-state index is 10.3. The van der Waals surface area contributed by atoms with Crippen LogP contribution < -0.4 is 24.0 Å². The number of aliphatic carboxylic acids is 1. The van der Waals surface area contributed by atoms with Gasteiger partial charge in [-0.25, -0.2) is 0 Å². The van der Waals surface area contributed by atoms with Crippen molar-refractivity contribution in [3.8, 4) is 0 Å². The van der Waals surface area contributed by atoms with Gasteiger partial charge in [0.2, 0.25) is 5.89 Å². The smallest absolute Gasteiger partial charge is 0.549 e. The Morgan fingerprint density at radius 1 is 1.67 bits per heavy atom. The Hall–Kier alpha value is -0.793. The summed E-state index contributed by atoms with van der Waals surface area (Å²) in [6.45, 7) is 3.05. The molecule has 0 aliphatic heterocycles. The molecule has 1 rings (SSSR count). The first-order valence-corrected chi connectivity index (χ1v) is 3.12. The predicted octanol–water partition coefficient (Wildman–Crippen LogP) is -3.76. The van der Waals surface area contributed by atoms with Crippen LogP contribution in [0.4, 0.5) is 0 Å². The van der Waals surface area contributed by atoms with Crippen molar-refractivity contribution in [1.82, 2.24) is 10.1 Å². The van der Waals surface area contributed by atoms with Crippen LogP contribution >= 0.6 is 0 Å². The van der Waals surface area contributed by atoms with Crippen molar-refractivity contribution in [3.05, 3.63) is 11.7 Å². The van der Waals surface area contributed by atoms with E-state index < -0.39 is 11.9 Å². The van der Waals surface area contributed by atoms with Gasteiger partial charge in [0.1, 0.15) is 0 Å². The summed E-state index contributed by atoms with van der Waals surface area (Å²) in [5, 5.41) is 13.7. The molecule has 0 aliphatic rings. The summed E-state index contributed by atoms with van der Waals surface area (Å²) in [5.74, 6) is -1.54. The molecule has 0 fully saturated rings. The summed E-state index contributed by atoms with van der Waals surface area (Å²) in [5.41, 5.74) is 0. The molecule has 0 aromatic carbocycles. The number of carbonyl (C=O) groups is 1. The number of rotatable bonds is 2. The molecular weight excluding hydrogens is 155 g/mol. The van der Waals surface area contributed by atoms with Crippen molar-refractivity contribution < 1.29 is 33.3 Å². The zero-order valence-corrected chi connectivity index (χ0v) is 7.20. The molecule has 1 aromatic heterocycles. The zero-order valence-electron chi connectivity index (χ0n) is 7.20. The number of hydrogen-bond donors (Lipinski definition) is 0. The van der Waals surface area contributed by atoms with E-state index in [1.165, 1.54) is 6.92 Å². The SMILES string of the molecule is Cc1noc(C(C)C(=O)[O-])n1.[Li+]. The van der Waals surface area contributed by atoms with Crippen LogP contribution in [0.25, 0.3) is 0 Å². The number of aromatic nitrogens is 2. The third-order valence-electron chi connectivity index (χ3n) is 1.27. The third kappa shape index (κ3) is 2.36. The summed E-state index contributed by atoms with van der Waals surface area (Å²) < 4.78 is 4.61. The predicted molar refractivity (Wildman–Crippen MR) is 32.5 cm³/mol. The number of hydrogen-bond acceptors (Lipinski definition) is 5. The Labute approximate surface area is 81.3 Å². The van der Waals surface area contributed by atoms with E-state index in [-0.39, 0.29) is 24.8 Å². The summed E-state index contributed by atoms with van der Waals surface area (Å²) in [7, 11) is 0.